The monoisotopic (exact) mass is 1750 g/mol. The number of carbonyl (C=O) groups excluding carboxylic acids is 4. The zero-order chi connectivity index (χ0) is 83.7. The summed E-state index contributed by atoms with van der Waals surface area (Å²) in [7, 11) is 0. The number of nitrogens with one attached hydrogen (secondary N) is 4. The Hall–Kier alpha value is -12.9. The molecule has 16 rings (SSSR count). The number of aliphatic hydroxyl groups excluding tert-OH is 4. The van der Waals surface area contributed by atoms with Crippen LogP contribution in [0.2, 0.25) is 5.02 Å². The van der Waals surface area contributed by atoms with Gasteiger partial charge >= 0.3 is 0 Å². The van der Waals surface area contributed by atoms with Crippen molar-refractivity contribution in [1.82, 2.24) is 39.9 Å². The van der Waals surface area contributed by atoms with Gasteiger partial charge in [-0.3, -0.25) is 19.2 Å². The highest BCUT2D eigenvalue weighted by atomic mass is 79.9. The van der Waals surface area contributed by atoms with Gasteiger partial charge < -0.3 is 46.8 Å². The van der Waals surface area contributed by atoms with Crippen LogP contribution in [-0.2, 0) is 71.3 Å². The van der Waals surface area contributed by atoms with Gasteiger partial charge in [-0.25, -0.2) is 44.3 Å². The summed E-state index contributed by atoms with van der Waals surface area (Å²) in [5.41, 5.74) is 15.3. The quantitative estimate of drug-likeness (QED) is 0.0271. The second-order valence-corrected chi connectivity index (χ2v) is 31.7. The van der Waals surface area contributed by atoms with Crippen LogP contribution in [0, 0.1) is 5.82 Å². The lowest BCUT2D eigenvalue weighted by Gasteiger charge is -2.11. The molecule has 120 heavy (non-hydrogen) atoms. The van der Waals surface area contributed by atoms with E-state index in [-0.39, 0.29) is 87.3 Å². The van der Waals surface area contributed by atoms with Crippen LogP contribution in [0.1, 0.15) is 44.5 Å². The van der Waals surface area contributed by atoms with Gasteiger partial charge in [-0.1, -0.05) is 197 Å². The summed E-state index contributed by atoms with van der Waals surface area (Å²) < 4.78 is 14.0. The van der Waals surface area contributed by atoms with Crippen molar-refractivity contribution in [2.75, 3.05) is 21.3 Å². The van der Waals surface area contributed by atoms with Gasteiger partial charge in [-0.15, -0.1) is 45.3 Å². The third-order valence-corrected chi connectivity index (χ3v) is 22.3. The lowest BCUT2D eigenvalue weighted by atomic mass is 10.1. The van der Waals surface area contributed by atoms with Crippen LogP contribution >= 0.6 is 72.9 Å². The molecule has 0 spiro atoms. The first-order valence-corrected chi connectivity index (χ1v) is 41.8. The van der Waals surface area contributed by atoms with E-state index >= 15 is 0 Å². The van der Waals surface area contributed by atoms with Gasteiger partial charge in [-0.05, 0) is 139 Å². The molecule has 8 aromatic heterocycles. The maximum atomic E-state index is 13.1. The number of benzene rings is 8. The fourth-order valence-electron chi connectivity index (χ4n) is 11.8. The lowest BCUT2D eigenvalue weighted by molar-refractivity contribution is -0.116. The predicted molar refractivity (Wildman–Crippen MR) is 476 cm³/mol. The summed E-state index contributed by atoms with van der Waals surface area (Å²) in [6, 6.07) is 72.5. The lowest BCUT2D eigenvalue weighted by Crippen LogP contribution is -2.16. The highest BCUT2D eigenvalue weighted by molar-refractivity contribution is 9.10. The van der Waals surface area contributed by atoms with Gasteiger partial charge in [-0.2, -0.15) is 0 Å². The minimum atomic E-state index is -0.340. The Kier molecular flexibility index (Phi) is 29.7. The Morgan fingerprint density at radius 2 is 0.558 bits per heavy atom. The molecule has 0 atom stereocenters. The molecule has 0 saturated heterocycles. The number of amides is 4. The molecule has 9 N–H and O–H groups in total. The highest BCUT2D eigenvalue weighted by Gasteiger charge is 2.21. The number of nitrogens with zero attached hydrogens (tertiary/aromatic N) is 8. The topological polar surface area (TPSA) is 321 Å². The van der Waals surface area contributed by atoms with Gasteiger partial charge in [0.2, 0.25) is 23.6 Å². The summed E-state index contributed by atoms with van der Waals surface area (Å²) in [4.78, 5) is 90.8. The maximum absolute atomic E-state index is 13.1. The first-order chi connectivity index (χ1) is 58.5. The average Bonchev–Trinajstić information content (AvgIpc) is 1.23. The SMILES string of the molecule is O=C(Cc1ccc(Br)cc1)Nc1ncc(-c2ccc(CO)cc2)nc1-c1cccs1.O=C(Cc1ccc(Cl)cc1)Nc1ncc(-c2ccc(CO)cc2)nc1-c1cccs1.O=C(Cc1ccc(F)cc1)Nc1ncc(-c2ccc(CO)cc2)nc1-c1cccs1.O=C(Cc1ccc(O)cc1)Nc1ncc(-c2ccc(CO)cc2)nc1-c1cccs1. The Bertz CT molecular complexity index is 5330. The molecule has 0 aliphatic carbocycles. The number of halogens is 3. The van der Waals surface area contributed by atoms with Crippen LogP contribution in [0.25, 0.3) is 87.3 Å². The zero-order valence-electron chi connectivity index (χ0n) is 63.6. The number of aliphatic hydroxyl groups is 4. The smallest absolute Gasteiger partial charge is 0.230 e. The molecule has 0 radical (unpaired) electrons. The molecule has 4 amide bonds. The van der Waals surface area contributed by atoms with E-state index in [4.69, 9.17) is 31.5 Å². The predicted octanol–water partition coefficient (Wildman–Crippen LogP) is 19.4. The number of aromatic hydroxyl groups is 1. The minimum absolute atomic E-state index is 0.00423. The van der Waals surface area contributed by atoms with Crippen molar-refractivity contribution < 1.29 is 49.1 Å². The highest BCUT2D eigenvalue weighted by Crippen LogP contribution is 2.37. The van der Waals surface area contributed by atoms with Crippen LogP contribution in [0.4, 0.5) is 27.7 Å². The van der Waals surface area contributed by atoms with Crippen molar-refractivity contribution in [2.45, 2.75) is 52.1 Å². The Balaban J connectivity index is 0.000000138. The molecule has 8 aromatic carbocycles. The average molecular weight is 1750 g/mol. The van der Waals surface area contributed by atoms with Crippen molar-refractivity contribution in [3.8, 4) is 93.1 Å². The third kappa shape index (κ3) is 23.7. The summed E-state index contributed by atoms with van der Waals surface area (Å²) in [6.45, 7) is -0.0510. The number of phenolic OH excluding ortho intramolecular Hbond substituents is 1. The Labute approximate surface area is 718 Å². The molecule has 0 fully saturated rings. The first-order valence-electron chi connectivity index (χ1n) is 37.1. The van der Waals surface area contributed by atoms with E-state index in [0.717, 1.165) is 85.2 Å². The second-order valence-electron chi connectivity index (χ2n) is 26.6. The number of phenols is 1. The summed E-state index contributed by atoms with van der Waals surface area (Å²) in [6.07, 6.45) is 7.27. The molecule has 8 heterocycles. The van der Waals surface area contributed by atoms with E-state index in [0.29, 0.717) is 79.4 Å². The van der Waals surface area contributed by atoms with Crippen LogP contribution < -0.4 is 21.3 Å². The standard InChI is InChI=1S/C23H18BrN3O2S.C23H18ClN3O2S.C23H18FN3O2S.C23H19N3O3S/c3*24-18-9-5-15(6-10-18)12-21(29)27-23-22(20-2-1-11-30-20)26-19(13-25-23)17-7-3-16(14-28)4-8-17;27-14-16-3-7-17(8-4-16)19-13-24-23(22(25-19)20-2-1-11-30-20)26-21(29)12-15-5-9-18(28)10-6-15/h3*1-11,13,28H,12,14H2,(H,25,27,29);1-11,13,27-28H,12,14H2,(H,24,26,29). The van der Waals surface area contributed by atoms with Gasteiger partial charge in [0.05, 0.1) is 119 Å². The number of hydrogen-bond acceptors (Lipinski definition) is 21. The van der Waals surface area contributed by atoms with E-state index in [9.17, 15) is 49.1 Å². The van der Waals surface area contributed by atoms with Gasteiger partial charge in [0.1, 0.15) is 34.3 Å². The number of carbonyl (C=O) groups is 4. The van der Waals surface area contributed by atoms with Gasteiger partial charge in [0, 0.05) is 31.7 Å². The van der Waals surface area contributed by atoms with E-state index in [1.807, 2.05) is 204 Å². The van der Waals surface area contributed by atoms with E-state index in [2.05, 4.69) is 57.1 Å². The molecular formula is C92H73BrClFN12O9S4. The van der Waals surface area contributed by atoms with Crippen molar-refractivity contribution >= 4 is 120 Å². The van der Waals surface area contributed by atoms with Crippen LogP contribution in [-0.4, -0.2) is 89.0 Å². The Morgan fingerprint density at radius 3 is 0.800 bits per heavy atom. The molecule has 21 nitrogen and oxygen atoms in total. The minimum Gasteiger partial charge on any atom is -0.508 e. The normalized spacial score (nSPS) is 10.7. The largest absolute Gasteiger partial charge is 0.508 e. The molecular weight excluding hydrogens is 1680 g/mol. The summed E-state index contributed by atoms with van der Waals surface area (Å²) in [5, 5.41) is 66.2. The number of hydrogen-bond donors (Lipinski definition) is 9. The van der Waals surface area contributed by atoms with Crippen LogP contribution in [0.15, 0.2) is 293 Å². The molecule has 16 aromatic rings. The summed E-state index contributed by atoms with van der Waals surface area (Å²) >= 11 is 15.4. The van der Waals surface area contributed by atoms with Gasteiger partial charge in [0.15, 0.2) is 23.3 Å². The fourth-order valence-corrected chi connectivity index (χ4v) is 15.1. The van der Waals surface area contributed by atoms with Crippen molar-refractivity contribution in [3.05, 3.63) is 349 Å². The maximum Gasteiger partial charge on any atom is 0.230 e. The molecule has 0 bridgehead atoms. The Morgan fingerprint density at radius 1 is 0.325 bits per heavy atom. The van der Waals surface area contributed by atoms with Crippen LogP contribution in [0.5, 0.6) is 5.75 Å². The fraction of sp³-hybridized carbons (Fsp3) is 0.0870. The number of rotatable bonds is 24. The third-order valence-electron chi connectivity index (χ3n) is 18.0. The molecule has 28 heteroatoms. The van der Waals surface area contributed by atoms with Crippen molar-refractivity contribution in [2.24, 2.45) is 0 Å². The molecule has 600 valence electrons. The van der Waals surface area contributed by atoms with E-state index < -0.39 is 0 Å². The zero-order valence-corrected chi connectivity index (χ0v) is 69.2. The van der Waals surface area contributed by atoms with Crippen molar-refractivity contribution in [1.29, 1.82) is 0 Å². The number of anilines is 4. The molecule has 0 unspecified atom stereocenters. The van der Waals surface area contributed by atoms with E-state index in [1.165, 1.54) is 46.1 Å². The number of aromatic nitrogens is 8. The molecule has 0 saturated carbocycles. The van der Waals surface area contributed by atoms with Crippen molar-refractivity contribution in [3.63, 3.8) is 0 Å². The summed E-state index contributed by atoms with van der Waals surface area (Å²) in [5.74, 6) is 0.662. The molecule has 0 aliphatic heterocycles. The first kappa shape index (κ1) is 85.0. The van der Waals surface area contributed by atoms with Gasteiger partial charge in [0.25, 0.3) is 0 Å². The second kappa shape index (κ2) is 42.0. The molecule has 0 aliphatic rings. The van der Waals surface area contributed by atoms with E-state index in [1.54, 1.807) is 84.7 Å². The van der Waals surface area contributed by atoms with Crippen LogP contribution in [0.3, 0.4) is 0 Å². The number of thiophene rings is 4.